The first-order valence-corrected chi connectivity index (χ1v) is 7.94. The molecule has 120 valence electrons. The van der Waals surface area contributed by atoms with Gasteiger partial charge in [-0.2, -0.15) is 5.26 Å². The van der Waals surface area contributed by atoms with Crippen LogP contribution in [0.3, 0.4) is 0 Å². The van der Waals surface area contributed by atoms with Gasteiger partial charge in [-0.25, -0.2) is 4.79 Å². The summed E-state index contributed by atoms with van der Waals surface area (Å²) >= 11 is 0. The number of hydrogen-bond donors (Lipinski definition) is 0. The van der Waals surface area contributed by atoms with Crippen LogP contribution in [0.25, 0.3) is 0 Å². The molecule has 2 atom stereocenters. The second kappa shape index (κ2) is 7.41. The molecule has 22 heavy (non-hydrogen) atoms. The highest BCUT2D eigenvalue weighted by molar-refractivity contribution is 5.22. The molecular formula is C16H23N3O3. The van der Waals surface area contributed by atoms with E-state index < -0.39 is 5.56 Å². The van der Waals surface area contributed by atoms with Crippen molar-refractivity contribution in [2.45, 2.75) is 58.7 Å². The van der Waals surface area contributed by atoms with E-state index in [1.165, 1.54) is 23.6 Å². The van der Waals surface area contributed by atoms with E-state index in [9.17, 15) is 9.59 Å². The second-order valence-electron chi connectivity index (χ2n) is 5.85. The van der Waals surface area contributed by atoms with Crippen LogP contribution in [-0.4, -0.2) is 21.8 Å². The largest absolute Gasteiger partial charge is 0.376 e. The Hall–Kier alpha value is -1.87. The van der Waals surface area contributed by atoms with Crippen LogP contribution in [0.2, 0.25) is 0 Å². The Labute approximate surface area is 129 Å². The van der Waals surface area contributed by atoms with Crippen LogP contribution >= 0.6 is 0 Å². The van der Waals surface area contributed by atoms with Crippen molar-refractivity contribution in [2.24, 2.45) is 5.92 Å². The lowest BCUT2D eigenvalue weighted by Crippen LogP contribution is -2.42. The predicted molar refractivity (Wildman–Crippen MR) is 82.7 cm³/mol. The fourth-order valence-corrected chi connectivity index (χ4v) is 2.98. The van der Waals surface area contributed by atoms with Gasteiger partial charge in [0.25, 0.3) is 5.56 Å². The Balaban J connectivity index is 2.11. The molecule has 0 aliphatic heterocycles. The average molecular weight is 305 g/mol. The van der Waals surface area contributed by atoms with Crippen LogP contribution in [0.15, 0.2) is 15.8 Å². The van der Waals surface area contributed by atoms with Gasteiger partial charge < -0.3 is 4.74 Å². The Morgan fingerprint density at radius 1 is 1.36 bits per heavy atom. The van der Waals surface area contributed by atoms with E-state index in [1.54, 1.807) is 6.92 Å². The van der Waals surface area contributed by atoms with Gasteiger partial charge in [-0.3, -0.25) is 13.9 Å². The summed E-state index contributed by atoms with van der Waals surface area (Å²) in [5.41, 5.74) is -0.920. The molecule has 6 nitrogen and oxygen atoms in total. The summed E-state index contributed by atoms with van der Waals surface area (Å²) in [7, 11) is 0. The maximum absolute atomic E-state index is 12.2. The van der Waals surface area contributed by atoms with Gasteiger partial charge in [0.15, 0.2) is 0 Å². The van der Waals surface area contributed by atoms with Gasteiger partial charge in [-0.05, 0) is 25.7 Å². The predicted octanol–water partition coefficient (Wildman–Crippen LogP) is 1.50. The van der Waals surface area contributed by atoms with E-state index in [-0.39, 0.29) is 23.9 Å². The standard InChI is InChI=1S/C16H23N3O3/c1-3-18-11-13(10-17)15(20)19(16(18)21)8-9-22-14-7-5-4-6-12(14)2/h11-12,14H,3-9H2,1-2H3/t12-,14+/m0/s1. The van der Waals surface area contributed by atoms with Gasteiger partial charge in [0, 0.05) is 12.7 Å². The second-order valence-corrected chi connectivity index (χ2v) is 5.85. The molecule has 0 saturated heterocycles. The van der Waals surface area contributed by atoms with Crippen molar-refractivity contribution in [3.63, 3.8) is 0 Å². The van der Waals surface area contributed by atoms with Crippen molar-refractivity contribution in [2.75, 3.05) is 6.61 Å². The molecule has 1 aromatic rings. The van der Waals surface area contributed by atoms with Crippen LogP contribution in [-0.2, 0) is 17.8 Å². The van der Waals surface area contributed by atoms with E-state index in [0.29, 0.717) is 19.1 Å². The molecule has 1 aromatic heterocycles. The maximum Gasteiger partial charge on any atom is 0.331 e. The zero-order chi connectivity index (χ0) is 16.1. The van der Waals surface area contributed by atoms with Gasteiger partial charge in [0.2, 0.25) is 0 Å². The fourth-order valence-electron chi connectivity index (χ4n) is 2.98. The summed E-state index contributed by atoms with van der Waals surface area (Å²) in [5.74, 6) is 0.517. The summed E-state index contributed by atoms with van der Waals surface area (Å²) in [5, 5.41) is 9.01. The minimum atomic E-state index is -0.530. The number of nitriles is 1. The normalized spacial score (nSPS) is 21.5. The molecule has 1 aliphatic carbocycles. The lowest BCUT2D eigenvalue weighted by atomic mass is 9.88. The highest BCUT2D eigenvalue weighted by atomic mass is 16.5. The van der Waals surface area contributed by atoms with E-state index >= 15 is 0 Å². The van der Waals surface area contributed by atoms with Crippen molar-refractivity contribution in [1.29, 1.82) is 5.26 Å². The van der Waals surface area contributed by atoms with Crippen molar-refractivity contribution in [1.82, 2.24) is 9.13 Å². The highest BCUT2D eigenvalue weighted by Gasteiger charge is 2.21. The summed E-state index contributed by atoms with van der Waals surface area (Å²) < 4.78 is 8.35. The molecule has 1 saturated carbocycles. The molecule has 2 rings (SSSR count). The first-order chi connectivity index (χ1) is 10.6. The van der Waals surface area contributed by atoms with Gasteiger partial charge in [-0.15, -0.1) is 0 Å². The van der Waals surface area contributed by atoms with Crippen LogP contribution in [0.1, 0.15) is 45.1 Å². The number of hydrogen-bond acceptors (Lipinski definition) is 4. The molecule has 0 N–H and O–H groups in total. The number of nitrogens with zero attached hydrogens (tertiary/aromatic N) is 3. The van der Waals surface area contributed by atoms with Crippen molar-refractivity contribution in [3.8, 4) is 6.07 Å². The third kappa shape index (κ3) is 3.47. The molecule has 1 fully saturated rings. The van der Waals surface area contributed by atoms with Crippen molar-refractivity contribution >= 4 is 0 Å². The minimum Gasteiger partial charge on any atom is -0.376 e. The molecule has 0 aromatic carbocycles. The minimum absolute atomic E-state index is 0.00696. The van der Waals surface area contributed by atoms with E-state index in [1.807, 2.05) is 6.07 Å². The maximum atomic E-state index is 12.2. The lowest BCUT2D eigenvalue weighted by Gasteiger charge is -2.28. The van der Waals surface area contributed by atoms with Gasteiger partial charge in [-0.1, -0.05) is 19.8 Å². The SMILES string of the molecule is CCn1cc(C#N)c(=O)n(CCO[C@@H]2CCCC[C@@H]2C)c1=O. The number of rotatable bonds is 5. The summed E-state index contributed by atoms with van der Waals surface area (Å²) in [6, 6.07) is 1.85. The Morgan fingerprint density at radius 2 is 2.09 bits per heavy atom. The summed E-state index contributed by atoms with van der Waals surface area (Å²) in [6.45, 7) is 4.92. The third-order valence-electron chi connectivity index (χ3n) is 4.38. The Bertz CT molecular complexity index is 669. The molecule has 1 aliphatic rings. The number of aromatic nitrogens is 2. The molecule has 0 bridgehead atoms. The Morgan fingerprint density at radius 3 is 2.73 bits per heavy atom. The molecule has 6 heteroatoms. The Kier molecular flexibility index (Phi) is 5.56. The molecule has 0 amide bonds. The van der Waals surface area contributed by atoms with E-state index in [4.69, 9.17) is 10.00 Å². The van der Waals surface area contributed by atoms with Crippen LogP contribution in [0.5, 0.6) is 0 Å². The third-order valence-corrected chi connectivity index (χ3v) is 4.38. The smallest absolute Gasteiger partial charge is 0.331 e. The highest BCUT2D eigenvalue weighted by Crippen LogP contribution is 2.26. The zero-order valence-electron chi connectivity index (χ0n) is 13.2. The quantitative estimate of drug-likeness (QED) is 0.826. The van der Waals surface area contributed by atoms with Crippen LogP contribution in [0.4, 0.5) is 0 Å². The molecule has 0 unspecified atom stereocenters. The van der Waals surface area contributed by atoms with Crippen LogP contribution < -0.4 is 11.2 Å². The molecule has 0 radical (unpaired) electrons. The first kappa shape index (κ1) is 16.5. The zero-order valence-corrected chi connectivity index (χ0v) is 13.2. The topological polar surface area (TPSA) is 77.0 Å². The average Bonchev–Trinajstić information content (AvgIpc) is 2.52. The van der Waals surface area contributed by atoms with Gasteiger partial charge in [0.05, 0.1) is 19.3 Å². The number of aryl methyl sites for hydroxylation is 1. The van der Waals surface area contributed by atoms with Crippen LogP contribution in [0, 0.1) is 17.2 Å². The summed E-state index contributed by atoms with van der Waals surface area (Å²) in [4.78, 5) is 24.3. The van der Waals surface area contributed by atoms with E-state index in [2.05, 4.69) is 6.92 Å². The van der Waals surface area contributed by atoms with Crippen molar-refractivity contribution < 1.29 is 4.74 Å². The van der Waals surface area contributed by atoms with E-state index in [0.717, 1.165) is 17.4 Å². The number of ether oxygens (including phenoxy) is 1. The molecule has 0 spiro atoms. The first-order valence-electron chi connectivity index (χ1n) is 7.94. The monoisotopic (exact) mass is 305 g/mol. The lowest BCUT2D eigenvalue weighted by molar-refractivity contribution is -0.00907. The molecule has 1 heterocycles. The van der Waals surface area contributed by atoms with Gasteiger partial charge in [0.1, 0.15) is 11.6 Å². The molecular weight excluding hydrogens is 282 g/mol. The van der Waals surface area contributed by atoms with Crippen molar-refractivity contribution in [3.05, 3.63) is 32.6 Å². The fraction of sp³-hybridized carbons (Fsp3) is 0.688. The summed E-state index contributed by atoms with van der Waals surface area (Å²) in [6.07, 6.45) is 6.14. The van der Waals surface area contributed by atoms with Gasteiger partial charge >= 0.3 is 5.69 Å².